The summed E-state index contributed by atoms with van der Waals surface area (Å²) in [5.41, 5.74) is 0.589. The smallest absolute Gasteiger partial charge is 0.253 e. The quantitative estimate of drug-likeness (QED) is 0.764. The van der Waals surface area contributed by atoms with Gasteiger partial charge in [0.25, 0.3) is 5.91 Å². The summed E-state index contributed by atoms with van der Waals surface area (Å²) in [5, 5.41) is 17.2. The maximum absolute atomic E-state index is 12.2. The van der Waals surface area contributed by atoms with Gasteiger partial charge < -0.3 is 4.90 Å². The van der Waals surface area contributed by atoms with Gasteiger partial charge in [0, 0.05) is 22.2 Å². The number of nitrogens with zero attached hydrogens (tertiary/aromatic N) is 3. The van der Waals surface area contributed by atoms with Crippen molar-refractivity contribution in [2.75, 3.05) is 13.1 Å². The van der Waals surface area contributed by atoms with Crippen LogP contribution in [0.25, 0.3) is 0 Å². The Morgan fingerprint density at radius 3 is 2.06 bits per heavy atom. The van der Waals surface area contributed by atoms with Crippen LogP contribution >= 0.6 is 22.6 Å². The van der Waals surface area contributed by atoms with Crippen molar-refractivity contribution in [2.45, 2.75) is 12.8 Å². The summed E-state index contributed by atoms with van der Waals surface area (Å²) >= 11 is 2.17. The van der Waals surface area contributed by atoms with Crippen molar-refractivity contribution < 1.29 is 4.79 Å². The summed E-state index contributed by atoms with van der Waals surface area (Å²) in [6.45, 7) is 0.728. The molecule has 0 fully saturated rings. The summed E-state index contributed by atoms with van der Waals surface area (Å²) in [7, 11) is 0. The monoisotopic (exact) mass is 353 g/mol. The fourth-order valence-electron chi connectivity index (χ4n) is 1.46. The average Bonchev–Trinajstić information content (AvgIpc) is 2.39. The molecule has 1 rings (SSSR count). The third kappa shape index (κ3) is 4.34. The molecule has 5 heteroatoms. The Hall–Kier alpha value is -1.60. The van der Waals surface area contributed by atoms with Gasteiger partial charge in [-0.25, -0.2) is 0 Å². The molecule has 0 aliphatic heterocycles. The van der Waals surface area contributed by atoms with E-state index in [0.29, 0.717) is 18.7 Å². The van der Waals surface area contributed by atoms with Gasteiger partial charge in [0.05, 0.1) is 25.0 Å². The van der Waals surface area contributed by atoms with E-state index in [0.717, 1.165) is 3.57 Å². The first-order valence-corrected chi connectivity index (χ1v) is 6.55. The topological polar surface area (TPSA) is 67.9 Å². The number of hydrogen-bond acceptors (Lipinski definition) is 3. The van der Waals surface area contributed by atoms with Gasteiger partial charge in [-0.3, -0.25) is 4.79 Å². The van der Waals surface area contributed by atoms with Gasteiger partial charge >= 0.3 is 0 Å². The minimum Gasteiger partial charge on any atom is -0.337 e. The van der Waals surface area contributed by atoms with Gasteiger partial charge in [0.15, 0.2) is 0 Å². The molecule has 0 aromatic heterocycles. The third-order valence-electron chi connectivity index (χ3n) is 2.37. The highest BCUT2D eigenvalue weighted by atomic mass is 127. The van der Waals surface area contributed by atoms with E-state index >= 15 is 0 Å². The van der Waals surface area contributed by atoms with Crippen LogP contribution in [0.1, 0.15) is 23.2 Å². The van der Waals surface area contributed by atoms with Crippen molar-refractivity contribution in [3.63, 3.8) is 0 Å². The minimum absolute atomic E-state index is 0.128. The number of carbonyl (C=O) groups excluding carboxylic acids is 1. The molecular formula is C13H12IN3O. The van der Waals surface area contributed by atoms with E-state index in [1.807, 2.05) is 24.3 Å². The van der Waals surface area contributed by atoms with Crippen LogP contribution in [0, 0.1) is 26.2 Å². The molecule has 1 aromatic rings. The van der Waals surface area contributed by atoms with Crippen LogP contribution in [-0.4, -0.2) is 23.9 Å². The molecule has 0 aliphatic carbocycles. The molecule has 4 nitrogen and oxygen atoms in total. The van der Waals surface area contributed by atoms with Crippen molar-refractivity contribution in [3.8, 4) is 12.1 Å². The largest absolute Gasteiger partial charge is 0.337 e. The molecule has 0 radical (unpaired) electrons. The Morgan fingerprint density at radius 2 is 1.61 bits per heavy atom. The third-order valence-corrected chi connectivity index (χ3v) is 3.08. The first-order chi connectivity index (χ1) is 8.69. The van der Waals surface area contributed by atoms with Crippen LogP contribution in [0.15, 0.2) is 24.3 Å². The molecule has 0 N–H and O–H groups in total. The normalized spacial score (nSPS) is 9.28. The van der Waals surface area contributed by atoms with Crippen molar-refractivity contribution in [2.24, 2.45) is 0 Å². The maximum atomic E-state index is 12.2. The number of rotatable bonds is 5. The zero-order chi connectivity index (χ0) is 13.4. The zero-order valence-corrected chi connectivity index (χ0v) is 11.9. The molecule has 92 valence electrons. The molecule has 1 amide bonds. The summed E-state index contributed by atoms with van der Waals surface area (Å²) in [4.78, 5) is 13.7. The van der Waals surface area contributed by atoms with Crippen molar-refractivity contribution in [1.29, 1.82) is 10.5 Å². The predicted molar refractivity (Wildman–Crippen MR) is 75.5 cm³/mol. The van der Waals surface area contributed by atoms with E-state index in [4.69, 9.17) is 10.5 Å². The average molecular weight is 353 g/mol. The van der Waals surface area contributed by atoms with Crippen LogP contribution in [0.3, 0.4) is 0 Å². The lowest BCUT2D eigenvalue weighted by Crippen LogP contribution is -2.32. The van der Waals surface area contributed by atoms with Crippen LogP contribution < -0.4 is 0 Å². The second kappa shape index (κ2) is 7.67. The molecule has 0 aliphatic rings. The summed E-state index contributed by atoms with van der Waals surface area (Å²) < 4.78 is 1.06. The van der Waals surface area contributed by atoms with Crippen molar-refractivity contribution >= 4 is 28.5 Å². The van der Waals surface area contributed by atoms with Crippen molar-refractivity contribution in [3.05, 3.63) is 33.4 Å². The van der Waals surface area contributed by atoms with Gasteiger partial charge in [-0.2, -0.15) is 10.5 Å². The van der Waals surface area contributed by atoms with Gasteiger partial charge in [0.2, 0.25) is 0 Å². The van der Waals surface area contributed by atoms with E-state index < -0.39 is 0 Å². The van der Waals surface area contributed by atoms with E-state index in [-0.39, 0.29) is 18.7 Å². The Morgan fingerprint density at radius 1 is 1.11 bits per heavy atom. The molecule has 0 saturated carbocycles. The number of carbonyl (C=O) groups is 1. The highest BCUT2D eigenvalue weighted by molar-refractivity contribution is 14.1. The Kier molecular flexibility index (Phi) is 6.16. The number of hydrogen-bond donors (Lipinski definition) is 0. The predicted octanol–water partition coefficient (Wildman–Crippen LogP) is 2.56. The second-order valence-corrected chi connectivity index (χ2v) is 4.86. The SMILES string of the molecule is N#CCCN(CCC#N)C(=O)c1ccc(I)cc1. The maximum Gasteiger partial charge on any atom is 0.253 e. The fourth-order valence-corrected chi connectivity index (χ4v) is 1.82. The summed E-state index contributed by atoms with van der Waals surface area (Å²) in [5.74, 6) is -0.128. The van der Waals surface area contributed by atoms with Crippen LogP contribution in [-0.2, 0) is 0 Å². The second-order valence-electron chi connectivity index (χ2n) is 3.62. The van der Waals surface area contributed by atoms with Crippen LogP contribution in [0.5, 0.6) is 0 Å². The number of amides is 1. The molecule has 0 unspecified atom stereocenters. The first-order valence-electron chi connectivity index (χ1n) is 5.47. The van der Waals surface area contributed by atoms with E-state index in [1.165, 1.54) is 0 Å². The van der Waals surface area contributed by atoms with Gasteiger partial charge in [-0.15, -0.1) is 0 Å². The molecule has 0 heterocycles. The van der Waals surface area contributed by atoms with Gasteiger partial charge in [-0.1, -0.05) is 0 Å². The number of nitriles is 2. The Bertz CT molecular complexity index is 466. The number of benzene rings is 1. The highest BCUT2D eigenvalue weighted by Gasteiger charge is 2.14. The Labute approximate surface area is 120 Å². The molecule has 18 heavy (non-hydrogen) atoms. The summed E-state index contributed by atoms with van der Waals surface area (Å²) in [6, 6.07) is 11.3. The van der Waals surface area contributed by atoms with Crippen molar-refractivity contribution in [1.82, 2.24) is 4.90 Å². The molecule has 0 spiro atoms. The number of halogens is 1. The van der Waals surface area contributed by atoms with E-state index in [9.17, 15) is 4.79 Å². The standard InChI is InChI=1S/C13H12IN3O/c14-12-5-3-11(4-6-12)13(18)17(9-1-7-15)10-2-8-16/h3-6H,1-2,9-10H2. The first kappa shape index (κ1) is 14.5. The van der Waals surface area contributed by atoms with Crippen LogP contribution in [0.2, 0.25) is 0 Å². The van der Waals surface area contributed by atoms with E-state index in [1.54, 1.807) is 17.0 Å². The summed E-state index contributed by atoms with van der Waals surface area (Å²) in [6.07, 6.45) is 0.559. The van der Waals surface area contributed by atoms with Crippen LogP contribution in [0.4, 0.5) is 0 Å². The molecule has 0 bridgehead atoms. The lowest BCUT2D eigenvalue weighted by atomic mass is 10.2. The zero-order valence-electron chi connectivity index (χ0n) is 9.77. The lowest BCUT2D eigenvalue weighted by molar-refractivity contribution is 0.0762. The Balaban J connectivity index is 2.78. The lowest BCUT2D eigenvalue weighted by Gasteiger charge is -2.20. The molecule has 1 aromatic carbocycles. The molecule has 0 atom stereocenters. The van der Waals surface area contributed by atoms with Gasteiger partial charge in [0.1, 0.15) is 0 Å². The fraction of sp³-hybridized carbons (Fsp3) is 0.308. The van der Waals surface area contributed by atoms with Gasteiger partial charge in [-0.05, 0) is 46.9 Å². The van der Waals surface area contributed by atoms with E-state index in [2.05, 4.69) is 22.6 Å². The molecular weight excluding hydrogens is 341 g/mol. The highest BCUT2D eigenvalue weighted by Crippen LogP contribution is 2.10. The minimum atomic E-state index is -0.128. The molecule has 0 saturated heterocycles.